The Morgan fingerprint density at radius 2 is 1.72 bits per heavy atom. The van der Waals surface area contributed by atoms with Crippen molar-refractivity contribution < 1.29 is 21.9 Å². The predicted octanol–water partition coefficient (Wildman–Crippen LogP) is 3.79. The third kappa shape index (κ3) is 2.79. The smallest absolute Gasteiger partial charge is 0.300 e. The molecule has 0 aromatic heterocycles. The van der Waals surface area contributed by atoms with Crippen molar-refractivity contribution in [1.82, 2.24) is 0 Å². The summed E-state index contributed by atoms with van der Waals surface area (Å²) in [6.45, 7) is 4.57. The van der Waals surface area contributed by atoms with Gasteiger partial charge in [-0.1, -0.05) is 13.8 Å². The molecule has 0 unspecified atom stereocenters. The van der Waals surface area contributed by atoms with E-state index in [0.717, 1.165) is 51.4 Å². The molecule has 0 aliphatic heterocycles. The minimum Gasteiger partial charge on any atom is -0.300 e. The van der Waals surface area contributed by atoms with Crippen LogP contribution in [0.15, 0.2) is 0 Å². The molecule has 4 fully saturated rings. The topological polar surface area (TPSA) is 80.7 Å². The Labute approximate surface area is 150 Å². The number of carbonyl (C=O) groups excluding carboxylic acids is 1. The first-order valence-corrected chi connectivity index (χ1v) is 11.2. The van der Waals surface area contributed by atoms with Gasteiger partial charge in [0.15, 0.2) is 0 Å². The second-order valence-electron chi connectivity index (χ2n) is 9.53. The lowest BCUT2D eigenvalue weighted by Crippen LogP contribution is -2.54. The molecule has 7 atom stereocenters. The van der Waals surface area contributed by atoms with Crippen molar-refractivity contribution in [2.45, 2.75) is 77.7 Å². The number of fused-ring (bicyclic) bond motifs is 5. The molecule has 0 amide bonds. The van der Waals surface area contributed by atoms with E-state index in [9.17, 15) is 13.2 Å². The van der Waals surface area contributed by atoms with E-state index in [1.54, 1.807) is 0 Å². The van der Waals surface area contributed by atoms with Crippen molar-refractivity contribution >= 4 is 16.2 Å². The van der Waals surface area contributed by atoms with Gasteiger partial charge in [0.2, 0.25) is 0 Å². The number of Topliss-reactive ketones (excluding diaryl/α,β-unsaturated/α-hetero) is 1. The Bertz CT molecular complexity index is 673. The molecule has 6 heteroatoms. The average molecular weight is 371 g/mol. The second-order valence-corrected chi connectivity index (χ2v) is 10.6. The molecule has 0 saturated heterocycles. The Morgan fingerprint density at radius 1 is 1.00 bits per heavy atom. The molecule has 4 saturated carbocycles. The Kier molecular flexibility index (Phi) is 4.14. The van der Waals surface area contributed by atoms with Crippen LogP contribution in [0.4, 0.5) is 0 Å². The quantitative estimate of drug-likeness (QED) is 0.748. The zero-order valence-electron chi connectivity index (χ0n) is 15.2. The molecular formula is C19H30O5S. The molecule has 142 valence electrons. The van der Waals surface area contributed by atoms with Crippen molar-refractivity contribution in [2.24, 2.45) is 34.5 Å². The van der Waals surface area contributed by atoms with Crippen LogP contribution in [0.25, 0.3) is 0 Å². The van der Waals surface area contributed by atoms with E-state index in [1.165, 1.54) is 0 Å². The maximum absolute atomic E-state index is 11.9. The van der Waals surface area contributed by atoms with E-state index in [1.807, 2.05) is 0 Å². The Morgan fingerprint density at radius 3 is 2.44 bits per heavy atom. The molecule has 25 heavy (non-hydrogen) atoms. The summed E-state index contributed by atoms with van der Waals surface area (Å²) < 4.78 is 36.7. The molecule has 4 aliphatic rings. The molecule has 0 radical (unpaired) electrons. The highest BCUT2D eigenvalue weighted by Crippen LogP contribution is 2.66. The van der Waals surface area contributed by atoms with E-state index in [2.05, 4.69) is 13.8 Å². The number of rotatable bonds is 2. The van der Waals surface area contributed by atoms with Crippen LogP contribution in [-0.4, -0.2) is 24.9 Å². The average Bonchev–Trinajstić information content (AvgIpc) is 2.83. The van der Waals surface area contributed by atoms with Gasteiger partial charge in [0.05, 0.1) is 6.10 Å². The van der Waals surface area contributed by atoms with Gasteiger partial charge >= 0.3 is 10.4 Å². The van der Waals surface area contributed by atoms with Gasteiger partial charge in [0.25, 0.3) is 0 Å². The normalized spacial score (nSPS) is 50.0. The number of hydrogen-bond acceptors (Lipinski definition) is 4. The van der Waals surface area contributed by atoms with E-state index in [-0.39, 0.29) is 10.8 Å². The molecule has 0 bridgehead atoms. The first-order chi connectivity index (χ1) is 11.6. The summed E-state index contributed by atoms with van der Waals surface area (Å²) in [4.78, 5) is 11.9. The lowest BCUT2D eigenvalue weighted by atomic mass is 9.45. The van der Waals surface area contributed by atoms with E-state index in [0.29, 0.717) is 35.9 Å². The molecule has 4 rings (SSSR count). The maximum Gasteiger partial charge on any atom is 0.397 e. The largest absolute Gasteiger partial charge is 0.397 e. The van der Waals surface area contributed by atoms with Crippen molar-refractivity contribution in [3.8, 4) is 0 Å². The summed E-state index contributed by atoms with van der Waals surface area (Å²) in [6, 6.07) is 0. The van der Waals surface area contributed by atoms with Gasteiger partial charge in [0.1, 0.15) is 5.78 Å². The minimum atomic E-state index is -4.40. The van der Waals surface area contributed by atoms with E-state index < -0.39 is 16.5 Å². The summed E-state index contributed by atoms with van der Waals surface area (Å²) in [7, 11) is -4.40. The highest BCUT2D eigenvalue weighted by Gasteiger charge is 2.61. The third-order valence-corrected chi connectivity index (χ3v) is 9.11. The third-order valence-electron chi connectivity index (χ3n) is 8.63. The first kappa shape index (κ1) is 17.9. The molecule has 0 aromatic carbocycles. The van der Waals surface area contributed by atoms with Crippen LogP contribution in [-0.2, 0) is 19.4 Å². The highest BCUT2D eigenvalue weighted by molar-refractivity contribution is 7.80. The Balaban J connectivity index is 1.59. The van der Waals surface area contributed by atoms with Gasteiger partial charge in [0, 0.05) is 12.8 Å². The van der Waals surface area contributed by atoms with Crippen LogP contribution in [0.2, 0.25) is 0 Å². The maximum atomic E-state index is 11.9. The van der Waals surface area contributed by atoms with Gasteiger partial charge in [-0.2, -0.15) is 8.42 Å². The Hall–Kier alpha value is -0.460. The zero-order chi connectivity index (χ0) is 18.0. The van der Waals surface area contributed by atoms with Crippen LogP contribution in [0.5, 0.6) is 0 Å². The van der Waals surface area contributed by atoms with Crippen LogP contribution >= 0.6 is 0 Å². The fourth-order valence-electron chi connectivity index (χ4n) is 7.30. The molecule has 0 aromatic rings. The number of hydrogen-bond donors (Lipinski definition) is 1. The summed E-state index contributed by atoms with van der Waals surface area (Å²) in [5, 5.41) is 0. The van der Waals surface area contributed by atoms with Crippen molar-refractivity contribution in [1.29, 1.82) is 0 Å². The first-order valence-electron chi connectivity index (χ1n) is 9.81. The van der Waals surface area contributed by atoms with Crippen LogP contribution in [0.3, 0.4) is 0 Å². The second kappa shape index (κ2) is 5.77. The fraction of sp³-hybridized carbons (Fsp3) is 0.947. The fourth-order valence-corrected chi connectivity index (χ4v) is 7.91. The van der Waals surface area contributed by atoms with Crippen molar-refractivity contribution in [2.75, 3.05) is 0 Å². The van der Waals surface area contributed by atoms with Gasteiger partial charge in [-0.3, -0.25) is 9.35 Å². The molecule has 4 aliphatic carbocycles. The lowest BCUT2D eigenvalue weighted by molar-refractivity contribution is -0.141. The molecule has 0 spiro atoms. The van der Waals surface area contributed by atoms with E-state index in [4.69, 9.17) is 8.74 Å². The number of ketones is 1. The summed E-state index contributed by atoms with van der Waals surface area (Å²) in [6.07, 6.45) is 8.12. The number of carbonyl (C=O) groups is 1. The van der Waals surface area contributed by atoms with Crippen LogP contribution in [0, 0.1) is 34.5 Å². The highest BCUT2D eigenvalue weighted by atomic mass is 32.3. The molecule has 1 N–H and O–H groups in total. The van der Waals surface area contributed by atoms with Crippen molar-refractivity contribution in [3.05, 3.63) is 0 Å². The molecule has 0 heterocycles. The summed E-state index contributed by atoms with van der Waals surface area (Å²) in [5.74, 6) is 2.67. The van der Waals surface area contributed by atoms with Crippen LogP contribution in [0.1, 0.15) is 71.6 Å². The summed E-state index contributed by atoms with van der Waals surface area (Å²) >= 11 is 0. The van der Waals surface area contributed by atoms with Crippen molar-refractivity contribution in [3.63, 3.8) is 0 Å². The predicted molar refractivity (Wildman–Crippen MR) is 93.2 cm³/mol. The standard InChI is InChI=1S/C19H30O5S/c1-18-9-7-13(20)11-12(18)3-4-14-15-5-6-17(24-25(21,22)23)19(15,2)10-8-16(14)18/h12,14-17H,3-11H2,1-2H3,(H,21,22,23)/t12-,14-,15-,16-,17+,18-,19-/m0/s1. The SMILES string of the molecule is C[C@]12CCC(=O)C[C@@H]1CC[C@@H]1[C@@H]2CC[C@]2(C)[C@H](OS(=O)(=O)O)CC[C@@H]12. The van der Waals surface area contributed by atoms with Gasteiger partial charge in [-0.05, 0) is 79.4 Å². The molecular weight excluding hydrogens is 340 g/mol. The lowest BCUT2D eigenvalue weighted by Gasteiger charge is -2.60. The monoisotopic (exact) mass is 370 g/mol. The van der Waals surface area contributed by atoms with Gasteiger partial charge < -0.3 is 0 Å². The van der Waals surface area contributed by atoms with Gasteiger partial charge in [-0.25, -0.2) is 4.18 Å². The van der Waals surface area contributed by atoms with E-state index >= 15 is 0 Å². The minimum absolute atomic E-state index is 0.162. The van der Waals surface area contributed by atoms with Crippen LogP contribution < -0.4 is 0 Å². The summed E-state index contributed by atoms with van der Waals surface area (Å²) in [5.41, 5.74) is 0.102. The molecule has 5 nitrogen and oxygen atoms in total. The zero-order valence-corrected chi connectivity index (χ0v) is 16.1. The van der Waals surface area contributed by atoms with Gasteiger partial charge in [-0.15, -0.1) is 0 Å².